The SMILES string of the molecule is O=C(CN1C(=O)c2cccc([N+](=O)[O-])c2C1=O)c1ccc2c(c1)OCCO2. The highest BCUT2D eigenvalue weighted by molar-refractivity contribution is 6.24. The number of hydrogen-bond acceptors (Lipinski definition) is 7. The Bertz CT molecular complexity index is 1010. The van der Waals surface area contributed by atoms with Crippen molar-refractivity contribution in [2.75, 3.05) is 19.8 Å². The highest BCUT2D eigenvalue weighted by Crippen LogP contribution is 2.33. The number of nitro benzene ring substituents is 1. The molecule has 0 N–H and O–H groups in total. The van der Waals surface area contributed by atoms with Crippen molar-refractivity contribution in [2.45, 2.75) is 0 Å². The number of ether oxygens (including phenoxy) is 2. The third kappa shape index (κ3) is 2.69. The Morgan fingerprint density at radius 2 is 1.81 bits per heavy atom. The number of benzene rings is 2. The van der Waals surface area contributed by atoms with Crippen LogP contribution >= 0.6 is 0 Å². The van der Waals surface area contributed by atoms with Gasteiger partial charge in [-0.25, -0.2) is 0 Å². The van der Waals surface area contributed by atoms with Crippen LogP contribution in [-0.2, 0) is 0 Å². The molecular formula is C18H12N2O7. The molecule has 0 saturated carbocycles. The molecule has 0 bridgehead atoms. The second-order valence-electron chi connectivity index (χ2n) is 5.93. The summed E-state index contributed by atoms with van der Waals surface area (Å²) in [5, 5.41) is 11.1. The van der Waals surface area contributed by atoms with Crippen molar-refractivity contribution in [2.24, 2.45) is 0 Å². The zero-order valence-corrected chi connectivity index (χ0v) is 13.8. The number of Topliss-reactive ketones (excluding diaryl/α,β-unsaturated/α-hetero) is 1. The molecule has 0 fully saturated rings. The maximum absolute atomic E-state index is 12.6. The van der Waals surface area contributed by atoms with Crippen LogP contribution < -0.4 is 9.47 Å². The Morgan fingerprint density at radius 1 is 1.07 bits per heavy atom. The van der Waals surface area contributed by atoms with Crippen LogP contribution in [-0.4, -0.2) is 47.2 Å². The summed E-state index contributed by atoms with van der Waals surface area (Å²) in [5.74, 6) is -1.17. The molecule has 0 aromatic heterocycles. The number of rotatable bonds is 4. The first-order valence-electron chi connectivity index (χ1n) is 8.04. The van der Waals surface area contributed by atoms with Gasteiger partial charge in [0.2, 0.25) is 0 Å². The summed E-state index contributed by atoms with van der Waals surface area (Å²) in [4.78, 5) is 48.7. The molecule has 2 aromatic carbocycles. The smallest absolute Gasteiger partial charge is 0.282 e. The second-order valence-corrected chi connectivity index (χ2v) is 5.93. The molecule has 0 unspecified atom stereocenters. The van der Waals surface area contributed by atoms with E-state index in [4.69, 9.17) is 9.47 Å². The lowest BCUT2D eigenvalue weighted by atomic mass is 10.1. The Hall–Kier alpha value is -3.75. The number of fused-ring (bicyclic) bond motifs is 2. The van der Waals surface area contributed by atoms with Gasteiger partial charge in [0.25, 0.3) is 17.5 Å². The lowest BCUT2D eigenvalue weighted by Gasteiger charge is -2.19. The molecule has 27 heavy (non-hydrogen) atoms. The van der Waals surface area contributed by atoms with E-state index in [0.29, 0.717) is 24.7 Å². The van der Waals surface area contributed by atoms with Gasteiger partial charge in [-0.1, -0.05) is 6.07 Å². The molecule has 2 aliphatic rings. The predicted molar refractivity (Wildman–Crippen MR) is 90.2 cm³/mol. The van der Waals surface area contributed by atoms with E-state index < -0.39 is 34.8 Å². The molecule has 0 spiro atoms. The molecule has 0 atom stereocenters. The van der Waals surface area contributed by atoms with E-state index in [-0.39, 0.29) is 16.7 Å². The molecule has 136 valence electrons. The Morgan fingerprint density at radius 3 is 2.56 bits per heavy atom. The van der Waals surface area contributed by atoms with E-state index >= 15 is 0 Å². The third-order valence-corrected chi connectivity index (χ3v) is 4.34. The van der Waals surface area contributed by atoms with Gasteiger partial charge in [-0.2, -0.15) is 0 Å². The number of imide groups is 1. The lowest BCUT2D eigenvalue weighted by Crippen LogP contribution is -2.35. The number of nitro groups is 1. The molecule has 2 aromatic rings. The van der Waals surface area contributed by atoms with Crippen LogP contribution in [0.25, 0.3) is 0 Å². The number of carbonyl (C=O) groups is 3. The van der Waals surface area contributed by atoms with Crippen LogP contribution in [0.2, 0.25) is 0 Å². The van der Waals surface area contributed by atoms with Gasteiger partial charge in [0.1, 0.15) is 18.8 Å². The minimum atomic E-state index is -0.854. The fourth-order valence-electron chi connectivity index (χ4n) is 3.06. The zero-order chi connectivity index (χ0) is 19.1. The minimum absolute atomic E-state index is 0.0795. The summed E-state index contributed by atoms with van der Waals surface area (Å²) in [5.41, 5.74) is -0.586. The van der Waals surface area contributed by atoms with Crippen LogP contribution in [0.3, 0.4) is 0 Å². The van der Waals surface area contributed by atoms with Crippen molar-refractivity contribution in [3.63, 3.8) is 0 Å². The van der Waals surface area contributed by atoms with Crippen molar-refractivity contribution >= 4 is 23.3 Å². The van der Waals surface area contributed by atoms with E-state index in [0.717, 1.165) is 11.0 Å². The van der Waals surface area contributed by atoms with E-state index in [1.165, 1.54) is 24.3 Å². The maximum Gasteiger partial charge on any atom is 0.282 e. The van der Waals surface area contributed by atoms with Gasteiger partial charge in [-0.3, -0.25) is 29.4 Å². The standard InChI is InChI=1S/C18H12N2O7/c21-13(10-4-5-14-15(8-10)27-7-6-26-14)9-19-17(22)11-2-1-3-12(20(24)25)16(11)18(19)23/h1-5,8H,6-7,9H2. The number of hydrogen-bond donors (Lipinski definition) is 0. The fraction of sp³-hybridized carbons (Fsp3) is 0.167. The molecular weight excluding hydrogens is 356 g/mol. The average Bonchev–Trinajstić information content (AvgIpc) is 2.92. The Labute approximate surface area is 152 Å². The Kier molecular flexibility index (Phi) is 3.84. The molecule has 0 saturated heterocycles. The summed E-state index contributed by atoms with van der Waals surface area (Å²) >= 11 is 0. The van der Waals surface area contributed by atoms with Crippen molar-refractivity contribution in [3.05, 3.63) is 63.2 Å². The van der Waals surface area contributed by atoms with Crippen LogP contribution in [0.15, 0.2) is 36.4 Å². The lowest BCUT2D eigenvalue weighted by molar-refractivity contribution is -0.385. The van der Waals surface area contributed by atoms with Crippen LogP contribution in [0, 0.1) is 10.1 Å². The molecule has 2 heterocycles. The molecule has 2 aliphatic heterocycles. The average molecular weight is 368 g/mol. The van der Waals surface area contributed by atoms with Gasteiger partial charge in [0, 0.05) is 11.6 Å². The quantitative estimate of drug-likeness (QED) is 0.350. The highest BCUT2D eigenvalue weighted by atomic mass is 16.6. The van der Waals surface area contributed by atoms with Gasteiger partial charge in [0.15, 0.2) is 17.3 Å². The van der Waals surface area contributed by atoms with Crippen molar-refractivity contribution in [1.29, 1.82) is 0 Å². The minimum Gasteiger partial charge on any atom is -0.486 e. The molecule has 0 aliphatic carbocycles. The monoisotopic (exact) mass is 368 g/mol. The third-order valence-electron chi connectivity index (χ3n) is 4.34. The van der Waals surface area contributed by atoms with Gasteiger partial charge < -0.3 is 9.47 Å². The molecule has 9 nitrogen and oxygen atoms in total. The van der Waals surface area contributed by atoms with E-state index in [1.807, 2.05) is 0 Å². The molecule has 4 rings (SSSR count). The van der Waals surface area contributed by atoms with Crippen LogP contribution in [0.4, 0.5) is 5.69 Å². The largest absolute Gasteiger partial charge is 0.486 e. The van der Waals surface area contributed by atoms with Crippen molar-refractivity contribution in [3.8, 4) is 11.5 Å². The maximum atomic E-state index is 12.6. The first-order chi connectivity index (χ1) is 13.0. The predicted octanol–water partition coefficient (Wildman–Crippen LogP) is 1.84. The Balaban J connectivity index is 1.61. The van der Waals surface area contributed by atoms with Crippen molar-refractivity contribution in [1.82, 2.24) is 4.90 Å². The van der Waals surface area contributed by atoms with Gasteiger partial charge in [-0.05, 0) is 24.3 Å². The van der Waals surface area contributed by atoms with Gasteiger partial charge in [-0.15, -0.1) is 0 Å². The van der Waals surface area contributed by atoms with E-state index in [1.54, 1.807) is 6.07 Å². The molecule has 9 heteroatoms. The highest BCUT2D eigenvalue weighted by Gasteiger charge is 2.41. The summed E-state index contributed by atoms with van der Waals surface area (Å²) in [6, 6.07) is 8.38. The van der Waals surface area contributed by atoms with Crippen LogP contribution in [0.5, 0.6) is 11.5 Å². The van der Waals surface area contributed by atoms with Crippen LogP contribution in [0.1, 0.15) is 31.1 Å². The number of amides is 2. The first kappa shape index (κ1) is 16.7. The zero-order valence-electron chi connectivity index (χ0n) is 13.8. The second kappa shape index (κ2) is 6.20. The van der Waals surface area contributed by atoms with E-state index in [2.05, 4.69) is 0 Å². The number of nitrogens with zero attached hydrogens (tertiary/aromatic N) is 2. The topological polar surface area (TPSA) is 116 Å². The summed E-state index contributed by atoms with van der Waals surface area (Å²) < 4.78 is 10.8. The van der Waals surface area contributed by atoms with Crippen molar-refractivity contribution < 1.29 is 28.8 Å². The summed E-state index contributed by atoms with van der Waals surface area (Å²) in [6.07, 6.45) is 0. The van der Waals surface area contributed by atoms with E-state index in [9.17, 15) is 24.5 Å². The number of ketones is 1. The molecule has 2 amide bonds. The van der Waals surface area contributed by atoms with Gasteiger partial charge in [0.05, 0.1) is 17.0 Å². The number of carbonyl (C=O) groups excluding carboxylic acids is 3. The fourth-order valence-corrected chi connectivity index (χ4v) is 3.06. The van der Waals surface area contributed by atoms with Gasteiger partial charge >= 0.3 is 0 Å². The normalized spacial score (nSPS) is 14.9. The summed E-state index contributed by atoms with van der Waals surface area (Å²) in [6.45, 7) is 0.240. The molecule has 0 radical (unpaired) electrons. The summed E-state index contributed by atoms with van der Waals surface area (Å²) in [7, 11) is 0. The first-order valence-corrected chi connectivity index (χ1v) is 8.04.